The van der Waals surface area contributed by atoms with Crippen LogP contribution in [0.15, 0.2) is 24.3 Å². The van der Waals surface area contributed by atoms with E-state index in [4.69, 9.17) is 14.7 Å². The third-order valence-electron chi connectivity index (χ3n) is 6.93. The number of carbonyl (C=O) groups excluding carboxylic acids is 2. The molecule has 4 aliphatic carbocycles. The number of carbonyl (C=O) groups is 2. The maximum atomic E-state index is 12.5. The molecular weight excluding hydrogens is 394 g/mol. The van der Waals surface area contributed by atoms with Gasteiger partial charge in [-0.3, -0.25) is 20.4 Å². The highest BCUT2D eigenvalue weighted by atomic mass is 16.5. The third kappa shape index (κ3) is 5.01. The SMILES string of the molecule is COc1cc(/C=C/C(=O)NNC(=O)CC23CC4CC(CC(C4)C2)C3)ccc1OCC#N. The van der Waals surface area contributed by atoms with Crippen molar-refractivity contribution in [3.05, 3.63) is 29.8 Å². The molecule has 164 valence electrons. The van der Waals surface area contributed by atoms with E-state index in [2.05, 4.69) is 10.9 Å². The van der Waals surface area contributed by atoms with Gasteiger partial charge in [-0.2, -0.15) is 5.26 Å². The summed E-state index contributed by atoms with van der Waals surface area (Å²) in [6.07, 6.45) is 11.0. The fourth-order valence-corrected chi connectivity index (χ4v) is 6.25. The van der Waals surface area contributed by atoms with Crippen LogP contribution in [-0.4, -0.2) is 25.5 Å². The Balaban J connectivity index is 1.27. The maximum absolute atomic E-state index is 12.5. The van der Waals surface area contributed by atoms with Crippen LogP contribution >= 0.6 is 0 Å². The first-order valence-electron chi connectivity index (χ1n) is 10.9. The van der Waals surface area contributed by atoms with Gasteiger partial charge in [0.25, 0.3) is 5.91 Å². The van der Waals surface area contributed by atoms with Gasteiger partial charge in [0.05, 0.1) is 7.11 Å². The number of methoxy groups -OCH3 is 1. The normalized spacial score (nSPS) is 28.2. The maximum Gasteiger partial charge on any atom is 0.262 e. The van der Waals surface area contributed by atoms with Gasteiger partial charge in [-0.1, -0.05) is 6.07 Å². The Morgan fingerprint density at radius 3 is 2.42 bits per heavy atom. The minimum absolute atomic E-state index is 0.0725. The lowest BCUT2D eigenvalue weighted by Gasteiger charge is -2.56. The summed E-state index contributed by atoms with van der Waals surface area (Å²) in [7, 11) is 1.51. The van der Waals surface area contributed by atoms with Gasteiger partial charge < -0.3 is 9.47 Å². The molecule has 7 nitrogen and oxygen atoms in total. The molecule has 4 aliphatic rings. The standard InChI is InChI=1S/C24H29N3O4/c1-30-21-11-16(2-4-20(21)31-7-6-25)3-5-22(28)26-27-23(29)15-24-12-17-8-18(13-24)10-19(9-17)14-24/h2-5,11,17-19H,7-10,12-15H2,1H3,(H,26,28)(H,27,29)/b5-3+. The molecule has 0 saturated heterocycles. The molecule has 1 aromatic carbocycles. The van der Waals surface area contributed by atoms with Crippen molar-refractivity contribution in [2.24, 2.45) is 23.2 Å². The first kappa shape index (κ1) is 21.2. The lowest BCUT2D eigenvalue weighted by molar-refractivity contribution is -0.133. The quantitative estimate of drug-likeness (QED) is 0.517. The van der Waals surface area contributed by atoms with Crippen LogP contribution in [0.3, 0.4) is 0 Å². The van der Waals surface area contributed by atoms with Crippen molar-refractivity contribution >= 4 is 17.9 Å². The summed E-state index contributed by atoms with van der Waals surface area (Å²) >= 11 is 0. The van der Waals surface area contributed by atoms with Gasteiger partial charge in [0.1, 0.15) is 6.07 Å². The molecule has 2 amide bonds. The molecule has 0 heterocycles. The number of benzene rings is 1. The Kier molecular flexibility index (Phi) is 6.17. The van der Waals surface area contributed by atoms with Crippen LogP contribution in [0.25, 0.3) is 6.08 Å². The van der Waals surface area contributed by atoms with Crippen molar-refractivity contribution < 1.29 is 19.1 Å². The summed E-state index contributed by atoms with van der Waals surface area (Å²) < 4.78 is 10.5. The van der Waals surface area contributed by atoms with E-state index in [0.717, 1.165) is 42.6 Å². The van der Waals surface area contributed by atoms with Crippen LogP contribution < -0.4 is 20.3 Å². The molecule has 0 spiro atoms. The second-order valence-corrected chi connectivity index (χ2v) is 9.32. The van der Waals surface area contributed by atoms with E-state index in [9.17, 15) is 9.59 Å². The highest BCUT2D eigenvalue weighted by molar-refractivity contribution is 5.93. The minimum Gasteiger partial charge on any atom is -0.493 e. The zero-order chi connectivity index (χ0) is 21.8. The van der Waals surface area contributed by atoms with Gasteiger partial charge in [0.2, 0.25) is 5.91 Å². The molecule has 1 aromatic rings. The molecule has 4 saturated carbocycles. The highest BCUT2D eigenvalue weighted by Gasteiger charge is 2.51. The van der Waals surface area contributed by atoms with E-state index in [1.54, 1.807) is 24.3 Å². The summed E-state index contributed by atoms with van der Waals surface area (Å²) in [6.45, 7) is -0.0725. The summed E-state index contributed by atoms with van der Waals surface area (Å²) in [5, 5.41) is 8.63. The Morgan fingerprint density at radius 1 is 1.13 bits per heavy atom. The monoisotopic (exact) mass is 423 g/mol. The van der Waals surface area contributed by atoms with E-state index in [1.807, 2.05) is 6.07 Å². The lowest BCUT2D eigenvalue weighted by Crippen LogP contribution is -2.49. The number of hydrogen-bond acceptors (Lipinski definition) is 5. The first-order valence-corrected chi connectivity index (χ1v) is 10.9. The average molecular weight is 424 g/mol. The van der Waals surface area contributed by atoms with E-state index >= 15 is 0 Å². The van der Waals surface area contributed by atoms with Crippen molar-refractivity contribution in [1.29, 1.82) is 5.26 Å². The molecular formula is C24H29N3O4. The van der Waals surface area contributed by atoms with Gasteiger partial charge >= 0.3 is 0 Å². The van der Waals surface area contributed by atoms with Crippen LogP contribution in [0.5, 0.6) is 11.5 Å². The molecule has 0 radical (unpaired) electrons. The van der Waals surface area contributed by atoms with Crippen molar-refractivity contribution in [2.45, 2.75) is 44.9 Å². The predicted octanol–water partition coefficient (Wildman–Crippen LogP) is 3.36. The minimum atomic E-state index is -0.400. The molecule has 0 aromatic heterocycles. The fraction of sp³-hybridized carbons (Fsp3) is 0.542. The molecule has 5 rings (SSSR count). The molecule has 2 N–H and O–H groups in total. The number of rotatable bonds is 7. The number of ether oxygens (including phenoxy) is 2. The topological polar surface area (TPSA) is 100 Å². The fourth-order valence-electron chi connectivity index (χ4n) is 6.25. The summed E-state index contributed by atoms with van der Waals surface area (Å²) in [4.78, 5) is 24.7. The molecule has 7 heteroatoms. The Morgan fingerprint density at radius 2 is 1.81 bits per heavy atom. The summed E-state index contributed by atoms with van der Waals surface area (Å²) in [5.74, 6) is 2.82. The zero-order valence-corrected chi connectivity index (χ0v) is 17.9. The smallest absolute Gasteiger partial charge is 0.262 e. The number of nitrogens with one attached hydrogen (secondary N) is 2. The van der Waals surface area contributed by atoms with Crippen molar-refractivity contribution in [3.8, 4) is 17.6 Å². The van der Waals surface area contributed by atoms with Crippen LogP contribution in [0.2, 0.25) is 0 Å². The Bertz CT molecular complexity index is 883. The number of nitriles is 1. The second kappa shape index (κ2) is 9.01. The number of hydrogen-bond donors (Lipinski definition) is 2. The van der Waals surface area contributed by atoms with E-state index < -0.39 is 5.91 Å². The second-order valence-electron chi connectivity index (χ2n) is 9.32. The van der Waals surface area contributed by atoms with E-state index in [1.165, 1.54) is 32.4 Å². The van der Waals surface area contributed by atoms with Crippen LogP contribution in [0, 0.1) is 34.5 Å². The average Bonchev–Trinajstić information content (AvgIpc) is 2.73. The Labute approximate surface area is 182 Å². The predicted molar refractivity (Wildman–Crippen MR) is 115 cm³/mol. The van der Waals surface area contributed by atoms with E-state index in [0.29, 0.717) is 17.9 Å². The highest BCUT2D eigenvalue weighted by Crippen LogP contribution is 2.61. The van der Waals surface area contributed by atoms with Gasteiger partial charge in [-0.25, -0.2) is 0 Å². The van der Waals surface area contributed by atoms with E-state index in [-0.39, 0.29) is 17.9 Å². The van der Waals surface area contributed by atoms with Crippen LogP contribution in [0.1, 0.15) is 50.5 Å². The summed E-state index contributed by atoms with van der Waals surface area (Å²) in [5.41, 5.74) is 5.95. The Hall–Kier alpha value is -3.01. The van der Waals surface area contributed by atoms with Crippen molar-refractivity contribution in [2.75, 3.05) is 13.7 Å². The first-order chi connectivity index (χ1) is 15.0. The molecule has 0 aliphatic heterocycles. The van der Waals surface area contributed by atoms with Crippen molar-refractivity contribution in [3.63, 3.8) is 0 Å². The van der Waals surface area contributed by atoms with Gasteiger partial charge in [-0.05, 0) is 85.5 Å². The summed E-state index contributed by atoms with van der Waals surface area (Å²) in [6, 6.07) is 7.05. The largest absolute Gasteiger partial charge is 0.493 e. The van der Waals surface area contributed by atoms with Gasteiger partial charge in [-0.15, -0.1) is 0 Å². The number of amides is 2. The molecule has 4 bridgehead atoms. The molecule has 4 fully saturated rings. The zero-order valence-electron chi connectivity index (χ0n) is 17.9. The lowest BCUT2D eigenvalue weighted by atomic mass is 9.49. The van der Waals surface area contributed by atoms with Crippen molar-refractivity contribution in [1.82, 2.24) is 10.9 Å². The van der Waals surface area contributed by atoms with Crippen LogP contribution in [0.4, 0.5) is 0 Å². The third-order valence-corrected chi connectivity index (χ3v) is 6.93. The number of nitrogens with zero attached hydrogens (tertiary/aromatic N) is 1. The van der Waals surface area contributed by atoms with Gasteiger partial charge in [0, 0.05) is 12.5 Å². The number of hydrazine groups is 1. The molecule has 0 unspecified atom stereocenters. The molecule has 31 heavy (non-hydrogen) atoms. The van der Waals surface area contributed by atoms with Crippen LogP contribution in [-0.2, 0) is 9.59 Å². The van der Waals surface area contributed by atoms with Gasteiger partial charge in [0.15, 0.2) is 18.1 Å². The molecule has 0 atom stereocenters.